The van der Waals surface area contributed by atoms with E-state index in [4.69, 9.17) is 15.2 Å². The van der Waals surface area contributed by atoms with Crippen LogP contribution in [0.3, 0.4) is 0 Å². The van der Waals surface area contributed by atoms with Crippen LogP contribution in [0.15, 0.2) is 23.6 Å². The summed E-state index contributed by atoms with van der Waals surface area (Å²) >= 11 is 1.35. The molecule has 0 atom stereocenters. The number of aryl methyl sites for hydroxylation is 2. The van der Waals surface area contributed by atoms with Gasteiger partial charge < -0.3 is 20.1 Å². The van der Waals surface area contributed by atoms with Gasteiger partial charge in [-0.25, -0.2) is 4.79 Å². The number of thiophene rings is 1. The summed E-state index contributed by atoms with van der Waals surface area (Å²) in [6.45, 7) is 8.20. The van der Waals surface area contributed by atoms with E-state index in [-0.39, 0.29) is 23.9 Å². The Morgan fingerprint density at radius 2 is 1.83 bits per heavy atom. The number of anilines is 1. The fourth-order valence-electron chi connectivity index (χ4n) is 5.09. The molecule has 0 saturated carbocycles. The van der Waals surface area contributed by atoms with Crippen molar-refractivity contribution >= 4 is 28.9 Å². The van der Waals surface area contributed by atoms with Crippen molar-refractivity contribution in [3.05, 3.63) is 45.1 Å². The minimum Gasteiger partial charge on any atom is -0.488 e. The van der Waals surface area contributed by atoms with Crippen LogP contribution < -0.4 is 10.5 Å². The summed E-state index contributed by atoms with van der Waals surface area (Å²) in [5, 5.41) is 1.92. The third-order valence-corrected chi connectivity index (χ3v) is 8.32. The number of carbonyl (C=O) groups excluding carboxylic acids is 2. The van der Waals surface area contributed by atoms with Gasteiger partial charge in [-0.15, -0.1) is 11.3 Å². The Balaban J connectivity index is 1.24. The molecule has 1 aromatic heterocycles. The third kappa shape index (κ3) is 5.98. The summed E-state index contributed by atoms with van der Waals surface area (Å²) in [7, 11) is 1.38. The number of benzene rings is 1. The number of ether oxygens (including phenoxy) is 2. The molecule has 4 rings (SSSR count). The van der Waals surface area contributed by atoms with Crippen molar-refractivity contribution in [2.45, 2.75) is 58.6 Å². The van der Waals surface area contributed by atoms with Crippen LogP contribution >= 0.6 is 11.3 Å². The molecule has 190 valence electrons. The highest BCUT2D eigenvalue weighted by Gasteiger charge is 2.32. The smallest absolute Gasteiger partial charge is 0.351 e. The molecular weight excluding hydrogens is 462 g/mol. The molecule has 2 saturated heterocycles. The molecule has 1 aromatic carbocycles. The predicted molar refractivity (Wildman–Crippen MR) is 139 cm³/mol. The number of carbonyl (C=O) groups is 2. The molecule has 1 amide bonds. The fourth-order valence-corrected chi connectivity index (χ4v) is 5.99. The summed E-state index contributed by atoms with van der Waals surface area (Å²) in [5.41, 5.74) is 10.4. The lowest BCUT2D eigenvalue weighted by molar-refractivity contribution is -0.139. The molecule has 0 radical (unpaired) electrons. The van der Waals surface area contributed by atoms with Crippen LogP contribution in [0.4, 0.5) is 5.69 Å². The third-order valence-electron chi connectivity index (χ3n) is 7.26. The first kappa shape index (κ1) is 25.5. The highest BCUT2D eigenvalue weighted by Crippen LogP contribution is 2.33. The van der Waals surface area contributed by atoms with Crippen molar-refractivity contribution in [1.82, 2.24) is 9.80 Å². The summed E-state index contributed by atoms with van der Waals surface area (Å²) in [6.07, 6.45) is 4.29. The second kappa shape index (κ2) is 11.4. The average molecular weight is 500 g/mol. The SMILES string of the molecule is CCc1ccc(CN2CCC(C(=O)N3CCC(Oc4c(C)csc4C(=O)OC)CC3)CC2)cc1N. The Hall–Kier alpha value is -2.58. The number of methoxy groups -OCH3 is 1. The lowest BCUT2D eigenvalue weighted by Gasteiger charge is -2.37. The van der Waals surface area contributed by atoms with Gasteiger partial charge in [0.1, 0.15) is 11.9 Å². The molecule has 2 fully saturated rings. The van der Waals surface area contributed by atoms with E-state index in [1.165, 1.54) is 29.6 Å². The number of hydrogen-bond donors (Lipinski definition) is 1. The minimum atomic E-state index is -0.363. The number of hydrogen-bond acceptors (Lipinski definition) is 7. The van der Waals surface area contributed by atoms with E-state index in [1.807, 2.05) is 17.2 Å². The van der Waals surface area contributed by atoms with Crippen LogP contribution in [-0.2, 0) is 22.5 Å². The summed E-state index contributed by atoms with van der Waals surface area (Å²) in [4.78, 5) is 30.1. The number of esters is 1. The van der Waals surface area contributed by atoms with Gasteiger partial charge in [-0.05, 0) is 61.8 Å². The Morgan fingerprint density at radius 3 is 2.46 bits per heavy atom. The van der Waals surface area contributed by atoms with Crippen LogP contribution in [0, 0.1) is 12.8 Å². The van der Waals surface area contributed by atoms with E-state index < -0.39 is 0 Å². The number of amides is 1. The maximum absolute atomic E-state index is 13.2. The van der Waals surface area contributed by atoms with E-state index in [9.17, 15) is 9.59 Å². The van der Waals surface area contributed by atoms with Crippen LogP contribution in [0.5, 0.6) is 5.75 Å². The van der Waals surface area contributed by atoms with E-state index in [0.717, 1.165) is 63.0 Å². The van der Waals surface area contributed by atoms with Gasteiger partial charge in [0.05, 0.1) is 7.11 Å². The van der Waals surface area contributed by atoms with Gasteiger partial charge in [0.15, 0.2) is 4.88 Å². The molecule has 8 heteroatoms. The minimum absolute atomic E-state index is 0.00383. The Labute approximate surface area is 212 Å². The second-order valence-electron chi connectivity index (χ2n) is 9.65. The van der Waals surface area contributed by atoms with Gasteiger partial charge in [0.2, 0.25) is 5.91 Å². The van der Waals surface area contributed by atoms with Gasteiger partial charge in [-0.3, -0.25) is 9.69 Å². The topological polar surface area (TPSA) is 85.1 Å². The van der Waals surface area contributed by atoms with Gasteiger partial charge in [0, 0.05) is 49.6 Å². The Bertz CT molecular complexity index is 1040. The van der Waals surface area contributed by atoms with Crippen LogP contribution in [-0.4, -0.2) is 61.1 Å². The molecule has 0 bridgehead atoms. The first-order valence-electron chi connectivity index (χ1n) is 12.6. The molecule has 0 aliphatic carbocycles. The molecule has 2 aliphatic heterocycles. The van der Waals surface area contributed by atoms with Gasteiger partial charge in [-0.2, -0.15) is 0 Å². The number of likely N-dealkylation sites (tertiary alicyclic amines) is 2. The van der Waals surface area contributed by atoms with E-state index in [1.54, 1.807) is 0 Å². The van der Waals surface area contributed by atoms with E-state index >= 15 is 0 Å². The standard InChI is InChI=1S/C27H37N3O4S/c1-4-20-6-5-19(15-23(20)28)16-29-11-7-21(8-12-29)26(31)30-13-9-22(10-14-30)34-24-18(2)17-35-25(24)27(32)33-3/h5-6,15,17,21-22H,4,7-14,16,28H2,1-3H3. The normalized spacial score (nSPS) is 18.0. The van der Waals surface area contributed by atoms with E-state index in [2.05, 4.69) is 30.0 Å². The lowest BCUT2D eigenvalue weighted by atomic mass is 9.93. The number of nitrogens with two attached hydrogens (primary N) is 1. The number of nitrogen functional groups attached to an aromatic ring is 1. The number of nitrogens with zero attached hydrogens (tertiary/aromatic N) is 2. The van der Waals surface area contributed by atoms with Crippen molar-refractivity contribution in [1.29, 1.82) is 0 Å². The zero-order valence-electron chi connectivity index (χ0n) is 21.0. The molecule has 3 heterocycles. The van der Waals surface area contributed by atoms with Crippen LogP contribution in [0.1, 0.15) is 59.0 Å². The highest BCUT2D eigenvalue weighted by molar-refractivity contribution is 7.12. The highest BCUT2D eigenvalue weighted by atomic mass is 32.1. The van der Waals surface area contributed by atoms with Crippen molar-refractivity contribution in [3.8, 4) is 5.75 Å². The number of piperidine rings is 2. The lowest BCUT2D eigenvalue weighted by Crippen LogP contribution is -2.47. The molecule has 2 aromatic rings. The summed E-state index contributed by atoms with van der Waals surface area (Å²) in [5.74, 6) is 0.645. The van der Waals surface area contributed by atoms with Crippen molar-refractivity contribution < 1.29 is 19.1 Å². The predicted octanol–water partition coefficient (Wildman–Crippen LogP) is 4.27. The van der Waals surface area contributed by atoms with Gasteiger partial charge in [-0.1, -0.05) is 19.1 Å². The van der Waals surface area contributed by atoms with Gasteiger partial charge >= 0.3 is 5.97 Å². The maximum Gasteiger partial charge on any atom is 0.351 e. The second-order valence-corrected chi connectivity index (χ2v) is 10.5. The maximum atomic E-state index is 13.2. The molecule has 2 aliphatic rings. The Kier molecular flexibility index (Phi) is 8.34. The quantitative estimate of drug-likeness (QED) is 0.452. The van der Waals surface area contributed by atoms with Crippen molar-refractivity contribution in [2.24, 2.45) is 5.92 Å². The largest absolute Gasteiger partial charge is 0.488 e. The number of rotatable bonds is 7. The van der Waals surface area contributed by atoms with Crippen molar-refractivity contribution in [3.63, 3.8) is 0 Å². The first-order chi connectivity index (χ1) is 16.9. The van der Waals surface area contributed by atoms with Crippen LogP contribution in [0.25, 0.3) is 0 Å². The molecule has 35 heavy (non-hydrogen) atoms. The molecule has 2 N–H and O–H groups in total. The molecular formula is C27H37N3O4S. The molecule has 0 spiro atoms. The monoisotopic (exact) mass is 499 g/mol. The Morgan fingerprint density at radius 1 is 1.11 bits per heavy atom. The van der Waals surface area contributed by atoms with Gasteiger partial charge in [0.25, 0.3) is 0 Å². The van der Waals surface area contributed by atoms with Crippen molar-refractivity contribution in [2.75, 3.05) is 39.0 Å². The molecule has 7 nitrogen and oxygen atoms in total. The zero-order chi connectivity index (χ0) is 24.9. The first-order valence-corrected chi connectivity index (χ1v) is 13.5. The fraction of sp³-hybridized carbons (Fsp3) is 0.556. The zero-order valence-corrected chi connectivity index (χ0v) is 21.9. The summed E-state index contributed by atoms with van der Waals surface area (Å²) in [6, 6.07) is 6.39. The van der Waals surface area contributed by atoms with Crippen LogP contribution in [0.2, 0.25) is 0 Å². The summed E-state index contributed by atoms with van der Waals surface area (Å²) < 4.78 is 11.1. The average Bonchev–Trinajstić information content (AvgIpc) is 3.24. The van der Waals surface area contributed by atoms with E-state index in [0.29, 0.717) is 23.7 Å². The molecule has 0 unspecified atom stereocenters.